The number of ether oxygens (including phenoxy) is 5. The average Bonchev–Trinajstić information content (AvgIpc) is 4.16. The number of alkyl halides is 2. The number of aromatic nitrogens is 1. The van der Waals surface area contributed by atoms with E-state index in [0.717, 1.165) is 62.1 Å². The summed E-state index contributed by atoms with van der Waals surface area (Å²) in [5, 5.41) is 0.536. The fourth-order valence-electron chi connectivity index (χ4n) is 8.71. The fourth-order valence-corrected chi connectivity index (χ4v) is 9.23. The third kappa shape index (κ3) is 11.6. The Labute approximate surface area is 397 Å². The number of esters is 1. The van der Waals surface area contributed by atoms with Gasteiger partial charge in [-0.05, 0) is 121 Å². The van der Waals surface area contributed by atoms with Gasteiger partial charge in [-0.2, -0.15) is 8.78 Å². The molecule has 0 N–H and O–H groups in total. The first-order valence-electron chi connectivity index (χ1n) is 22.6. The highest BCUT2D eigenvalue weighted by atomic mass is 35.5. The second kappa shape index (κ2) is 20.9. The molecule has 0 radical (unpaired) electrons. The number of pyridine rings is 1. The third-order valence-electron chi connectivity index (χ3n) is 12.8. The number of nitrogens with zero attached hydrogens (tertiary/aromatic N) is 4. The summed E-state index contributed by atoms with van der Waals surface area (Å²) in [5.74, 6) is -0.0664. The van der Waals surface area contributed by atoms with Gasteiger partial charge in [0.25, 0.3) is 5.91 Å². The number of fused-ring (bicyclic) bond motifs is 3. The Balaban J connectivity index is 0.798. The predicted octanol–water partition coefficient (Wildman–Crippen LogP) is 10.2. The van der Waals surface area contributed by atoms with Crippen LogP contribution in [0.3, 0.4) is 0 Å². The second-order valence-corrected chi connectivity index (χ2v) is 18.4. The molecule has 4 aliphatic heterocycles. The summed E-state index contributed by atoms with van der Waals surface area (Å²) in [6, 6.07) is 28.7. The Hall–Kier alpha value is -5.96. The van der Waals surface area contributed by atoms with Crippen LogP contribution in [0.25, 0.3) is 0 Å². The molecule has 5 aromatic rings. The van der Waals surface area contributed by atoms with E-state index < -0.39 is 24.6 Å². The molecule has 5 aliphatic rings. The van der Waals surface area contributed by atoms with E-state index in [-0.39, 0.29) is 65.8 Å². The van der Waals surface area contributed by atoms with Gasteiger partial charge in [0.2, 0.25) is 0 Å². The Bertz CT molecular complexity index is 2520. The van der Waals surface area contributed by atoms with Crippen molar-refractivity contribution in [1.29, 1.82) is 0 Å². The molecule has 16 heteroatoms. The molecule has 5 heterocycles. The number of carbonyl (C=O) groups excluding carboxylic acids is 3. The first-order chi connectivity index (χ1) is 32.5. The molecule has 2 atom stereocenters. The van der Waals surface area contributed by atoms with E-state index in [1.54, 1.807) is 21.9 Å². The van der Waals surface area contributed by atoms with Crippen LogP contribution in [-0.4, -0.2) is 84.8 Å². The van der Waals surface area contributed by atoms with Crippen LogP contribution in [-0.2, 0) is 33.8 Å². The Morgan fingerprint density at radius 3 is 2.22 bits per heavy atom. The van der Waals surface area contributed by atoms with Crippen LogP contribution in [0.2, 0.25) is 10.0 Å². The smallest absolute Gasteiger partial charge is 0.414 e. The number of rotatable bonds is 18. The molecule has 4 aromatic carbocycles. The summed E-state index contributed by atoms with van der Waals surface area (Å²) >= 11 is 12.9. The largest absolute Gasteiger partial charge is 0.489 e. The fraction of sp³-hybridized carbons (Fsp3) is 0.373. The molecule has 5 fully saturated rings. The van der Waals surface area contributed by atoms with E-state index in [4.69, 9.17) is 46.9 Å². The van der Waals surface area contributed by atoms with E-state index in [9.17, 15) is 23.2 Å². The molecule has 1 saturated carbocycles. The van der Waals surface area contributed by atoms with Gasteiger partial charge in [0.05, 0.1) is 29.1 Å². The highest BCUT2D eigenvalue weighted by molar-refractivity contribution is 6.35. The van der Waals surface area contributed by atoms with Crippen LogP contribution in [0.4, 0.5) is 19.3 Å². The second-order valence-electron chi connectivity index (χ2n) is 17.6. The zero-order chi connectivity index (χ0) is 46.4. The molecule has 0 spiro atoms. The molecular weight excluding hydrogens is 905 g/mol. The first kappa shape index (κ1) is 46.2. The van der Waals surface area contributed by atoms with E-state index in [0.29, 0.717) is 47.4 Å². The summed E-state index contributed by atoms with van der Waals surface area (Å²) in [6.07, 6.45) is 5.57. The average molecular weight is 956 g/mol. The van der Waals surface area contributed by atoms with Gasteiger partial charge in [0.15, 0.2) is 11.5 Å². The monoisotopic (exact) mass is 954 g/mol. The molecular formula is C51H50Cl2F2N4O8. The predicted molar refractivity (Wildman–Crippen MR) is 247 cm³/mol. The van der Waals surface area contributed by atoms with Gasteiger partial charge in [-0.15, -0.1) is 0 Å². The number of carbonyl (C=O) groups is 3. The van der Waals surface area contributed by atoms with Crippen molar-refractivity contribution in [3.05, 3.63) is 147 Å². The molecule has 0 unspecified atom stereocenters. The maximum atomic E-state index is 13.7. The minimum Gasteiger partial charge on any atom is -0.489 e. The van der Waals surface area contributed by atoms with Crippen LogP contribution in [0, 0.1) is 17.8 Å². The summed E-state index contributed by atoms with van der Waals surface area (Å²) in [7, 11) is 0. The van der Waals surface area contributed by atoms with Gasteiger partial charge < -0.3 is 28.6 Å². The van der Waals surface area contributed by atoms with Crippen LogP contribution >= 0.6 is 23.2 Å². The van der Waals surface area contributed by atoms with Gasteiger partial charge >= 0.3 is 18.7 Å². The Kier molecular flexibility index (Phi) is 14.4. The lowest BCUT2D eigenvalue weighted by atomic mass is 9.86. The molecule has 1 aromatic heterocycles. The lowest BCUT2D eigenvalue weighted by molar-refractivity contribution is -0.159. The van der Waals surface area contributed by atoms with Crippen LogP contribution < -0.4 is 19.1 Å². The van der Waals surface area contributed by atoms with Crippen LogP contribution in [0.5, 0.6) is 17.2 Å². The number of benzene rings is 4. The summed E-state index contributed by atoms with van der Waals surface area (Å²) in [4.78, 5) is 50.5. The van der Waals surface area contributed by atoms with Crippen molar-refractivity contribution >= 4 is 46.9 Å². The lowest BCUT2D eigenvalue weighted by Gasteiger charge is -2.44. The van der Waals surface area contributed by atoms with Crippen molar-refractivity contribution in [2.75, 3.05) is 44.2 Å². The number of hydrogen-bond acceptors (Lipinski definition) is 10. The van der Waals surface area contributed by atoms with Gasteiger partial charge in [-0.3, -0.25) is 24.4 Å². The molecule has 67 heavy (non-hydrogen) atoms. The van der Waals surface area contributed by atoms with Crippen molar-refractivity contribution in [1.82, 2.24) is 14.8 Å². The van der Waals surface area contributed by atoms with Gasteiger partial charge in [0.1, 0.15) is 24.6 Å². The van der Waals surface area contributed by atoms with E-state index >= 15 is 0 Å². The van der Waals surface area contributed by atoms with E-state index in [2.05, 4.69) is 9.88 Å². The molecule has 2 bridgehead atoms. The quantitative estimate of drug-likeness (QED) is 0.0785. The maximum Gasteiger partial charge on any atom is 0.414 e. The summed E-state index contributed by atoms with van der Waals surface area (Å²) in [5.41, 5.74) is 3.87. The standard InChI is InChI=1S/C51H50Cl2F2N4O8/c52-42-24-56-25-43(53)41(42)23-45(37-15-16-44(66-50(54)55)46(22-37)64-31-32-9-10-32)65-49(61)38-27-58(28-38)48(60)36-13-11-33(12-14-36)30-63-40-8-4-5-34(21-40)26-59(39-6-2-1-3-7-39)51(62)67-47-29-57-19-17-35(47)18-20-57/h1-8,11-16,21-22,24-25,32,35,38,45,47,50H,9-10,17-20,23,26-31H2/t45-,47-/m0/s1. The number of amides is 2. The number of para-hydroxylation sites is 1. The Morgan fingerprint density at radius 1 is 0.791 bits per heavy atom. The van der Waals surface area contributed by atoms with Crippen molar-refractivity contribution < 1.29 is 46.8 Å². The number of halogens is 4. The summed E-state index contributed by atoms with van der Waals surface area (Å²) in [6.45, 7) is 0.988. The maximum absolute atomic E-state index is 13.7. The van der Waals surface area contributed by atoms with E-state index in [1.807, 2.05) is 66.7 Å². The van der Waals surface area contributed by atoms with E-state index in [1.165, 1.54) is 30.6 Å². The molecule has 2 amide bonds. The first-order valence-corrected chi connectivity index (χ1v) is 23.3. The SMILES string of the molecule is O=C(O[C@@H](Cc1c(Cl)cncc1Cl)c1ccc(OC(F)F)c(OCC2CC2)c1)C1CN(C(=O)c2ccc(COc3cccc(CN(C(=O)O[C@H]4CN5CCC4CC5)c4ccccc4)c3)cc2)C1. The molecule has 1 aliphatic carbocycles. The highest BCUT2D eigenvalue weighted by Gasteiger charge is 2.40. The minimum absolute atomic E-state index is 0.0585. The van der Waals surface area contributed by atoms with Gasteiger partial charge in [-0.1, -0.05) is 71.7 Å². The number of piperidine rings is 3. The number of anilines is 1. The van der Waals surface area contributed by atoms with Crippen LogP contribution in [0.1, 0.15) is 64.4 Å². The van der Waals surface area contributed by atoms with Crippen molar-refractivity contribution in [2.24, 2.45) is 17.8 Å². The zero-order valence-electron chi connectivity index (χ0n) is 36.6. The molecule has 350 valence electrons. The highest BCUT2D eigenvalue weighted by Crippen LogP contribution is 2.39. The number of hydrogen-bond donors (Lipinski definition) is 0. The summed E-state index contributed by atoms with van der Waals surface area (Å²) < 4.78 is 55.6. The molecule has 4 saturated heterocycles. The third-order valence-corrected chi connectivity index (χ3v) is 13.5. The van der Waals surface area contributed by atoms with Crippen molar-refractivity contribution in [3.8, 4) is 17.2 Å². The normalized spacial score (nSPS) is 19.3. The molecule has 12 nitrogen and oxygen atoms in total. The van der Waals surface area contributed by atoms with Crippen molar-refractivity contribution in [3.63, 3.8) is 0 Å². The van der Waals surface area contributed by atoms with Crippen molar-refractivity contribution in [2.45, 2.75) is 64.1 Å². The minimum atomic E-state index is -3.06. The molecule has 10 rings (SSSR count). The van der Waals surface area contributed by atoms with Gasteiger partial charge in [0, 0.05) is 49.7 Å². The zero-order valence-corrected chi connectivity index (χ0v) is 38.1. The number of likely N-dealkylation sites (tertiary alicyclic amines) is 1. The Morgan fingerprint density at radius 2 is 1.54 bits per heavy atom. The van der Waals surface area contributed by atoms with Gasteiger partial charge in [-0.25, -0.2) is 4.79 Å². The van der Waals surface area contributed by atoms with Crippen LogP contribution in [0.15, 0.2) is 109 Å². The lowest BCUT2D eigenvalue weighted by Crippen LogP contribution is -2.53. The topological polar surface area (TPSA) is 120 Å².